The molecule has 0 aromatic carbocycles. The van der Waals surface area contributed by atoms with E-state index in [4.69, 9.17) is 9.68 Å². The van der Waals surface area contributed by atoms with Gasteiger partial charge in [-0.05, 0) is 66.3 Å². The molecule has 5 rings (SSSR count). The zero-order valence-corrected chi connectivity index (χ0v) is 17.5. The first kappa shape index (κ1) is 18.9. The minimum atomic E-state index is -0.647. The van der Waals surface area contributed by atoms with Gasteiger partial charge < -0.3 is 20.2 Å². The number of halogens is 1. The molecule has 4 atom stereocenters. The van der Waals surface area contributed by atoms with Crippen LogP contribution in [-0.2, 0) is 4.79 Å². The Morgan fingerprint density at radius 1 is 1.31 bits per heavy atom. The van der Waals surface area contributed by atoms with Gasteiger partial charge in [-0.1, -0.05) is 0 Å². The molecule has 1 aliphatic carbocycles. The van der Waals surface area contributed by atoms with Gasteiger partial charge in [0.05, 0.1) is 16.6 Å². The zero-order chi connectivity index (χ0) is 20.1. The van der Waals surface area contributed by atoms with Crippen LogP contribution in [0.2, 0.25) is 0 Å². The summed E-state index contributed by atoms with van der Waals surface area (Å²) in [5.41, 5.74) is 0.603. The van der Waals surface area contributed by atoms with Crippen molar-refractivity contribution in [3.63, 3.8) is 0 Å². The van der Waals surface area contributed by atoms with Crippen molar-refractivity contribution in [3.8, 4) is 6.07 Å². The first-order valence-corrected chi connectivity index (χ1v) is 11.1. The van der Waals surface area contributed by atoms with E-state index in [-0.39, 0.29) is 17.7 Å². The first-order valence-electron chi connectivity index (χ1n) is 10.3. The number of nitriles is 1. The van der Waals surface area contributed by atoms with Crippen molar-refractivity contribution in [3.05, 3.63) is 22.5 Å². The van der Waals surface area contributed by atoms with Gasteiger partial charge in [0, 0.05) is 29.6 Å². The standard InChI is InChI=1S/C21H23BrN4O3/c22-19-15-5-12(8-23)29-18(15)9-24-20(19)25-11-3-1-10(2-4-11)13-6-17-14(21(27)28)7-16(13)26-17/h5,9-11,13-14,16-17,26H,1-4,6-7H2,(H,24,25)(H,27,28). The molecule has 152 valence electrons. The van der Waals surface area contributed by atoms with Gasteiger partial charge in [-0.15, -0.1) is 0 Å². The second-order valence-corrected chi connectivity index (χ2v) is 9.43. The number of carbonyl (C=O) groups is 1. The summed E-state index contributed by atoms with van der Waals surface area (Å²) >= 11 is 3.61. The highest BCUT2D eigenvalue weighted by Gasteiger charge is 2.50. The third-order valence-electron chi connectivity index (χ3n) is 7.13. The van der Waals surface area contributed by atoms with E-state index >= 15 is 0 Å². The number of hydrogen-bond donors (Lipinski definition) is 3. The number of aromatic nitrogens is 1. The molecule has 0 radical (unpaired) electrons. The largest absolute Gasteiger partial charge is 0.481 e. The summed E-state index contributed by atoms with van der Waals surface area (Å²) in [5.74, 6) is 1.52. The average molecular weight is 459 g/mol. The van der Waals surface area contributed by atoms with Gasteiger partial charge >= 0.3 is 5.97 Å². The van der Waals surface area contributed by atoms with Crippen molar-refractivity contribution in [1.82, 2.24) is 10.3 Å². The third kappa shape index (κ3) is 3.30. The van der Waals surface area contributed by atoms with Crippen LogP contribution < -0.4 is 10.6 Å². The van der Waals surface area contributed by atoms with Gasteiger partial charge in [0.2, 0.25) is 5.76 Å². The van der Waals surface area contributed by atoms with E-state index in [1.807, 2.05) is 6.07 Å². The van der Waals surface area contributed by atoms with Gasteiger partial charge in [0.25, 0.3) is 0 Å². The Labute approximate surface area is 177 Å². The van der Waals surface area contributed by atoms with E-state index < -0.39 is 5.97 Å². The van der Waals surface area contributed by atoms with Crippen molar-refractivity contribution in [1.29, 1.82) is 5.26 Å². The van der Waals surface area contributed by atoms with Crippen LogP contribution in [0.4, 0.5) is 5.82 Å². The molecular formula is C21H23BrN4O3. The normalized spacial score (nSPS) is 33.7. The van der Waals surface area contributed by atoms with Gasteiger partial charge in [-0.3, -0.25) is 4.79 Å². The molecule has 0 spiro atoms. The number of nitrogens with one attached hydrogen (secondary N) is 2. The number of carboxylic acid groups (broad SMARTS) is 1. The summed E-state index contributed by atoms with van der Waals surface area (Å²) in [7, 11) is 0. The summed E-state index contributed by atoms with van der Waals surface area (Å²) in [6, 6.07) is 4.67. The van der Waals surface area contributed by atoms with Crippen LogP contribution in [-0.4, -0.2) is 34.2 Å². The maximum absolute atomic E-state index is 11.3. The molecule has 2 bridgehead atoms. The molecule has 3 fully saturated rings. The maximum atomic E-state index is 11.3. The number of anilines is 1. The van der Waals surface area contributed by atoms with Crippen molar-refractivity contribution in [2.75, 3.05) is 5.32 Å². The number of carboxylic acids is 1. The number of rotatable bonds is 4. The topological polar surface area (TPSA) is 111 Å². The van der Waals surface area contributed by atoms with Crippen molar-refractivity contribution < 1.29 is 14.3 Å². The monoisotopic (exact) mass is 458 g/mol. The van der Waals surface area contributed by atoms with Crippen molar-refractivity contribution in [2.24, 2.45) is 17.8 Å². The van der Waals surface area contributed by atoms with Crippen LogP contribution in [0.1, 0.15) is 44.3 Å². The fraction of sp³-hybridized carbons (Fsp3) is 0.571. The molecule has 2 saturated heterocycles. The highest BCUT2D eigenvalue weighted by atomic mass is 79.9. The molecular weight excluding hydrogens is 436 g/mol. The quantitative estimate of drug-likeness (QED) is 0.636. The minimum Gasteiger partial charge on any atom is -0.481 e. The molecule has 1 saturated carbocycles. The number of furan rings is 1. The lowest BCUT2D eigenvalue weighted by atomic mass is 9.70. The average Bonchev–Trinajstić information content (AvgIpc) is 3.44. The summed E-state index contributed by atoms with van der Waals surface area (Å²) < 4.78 is 6.27. The number of hydrogen-bond acceptors (Lipinski definition) is 6. The fourth-order valence-electron chi connectivity index (χ4n) is 5.70. The van der Waals surface area contributed by atoms with E-state index in [0.717, 1.165) is 54.2 Å². The van der Waals surface area contributed by atoms with Gasteiger partial charge in [-0.2, -0.15) is 5.26 Å². The Balaban J connectivity index is 1.20. The second kappa shape index (κ2) is 7.29. The van der Waals surface area contributed by atoms with Gasteiger partial charge in [0.1, 0.15) is 11.9 Å². The predicted octanol–water partition coefficient (Wildman–Crippen LogP) is 3.88. The van der Waals surface area contributed by atoms with Gasteiger partial charge in [0.15, 0.2) is 5.58 Å². The first-order chi connectivity index (χ1) is 14.0. The molecule has 8 heteroatoms. The number of fused-ring (bicyclic) bond motifs is 3. The lowest BCUT2D eigenvalue weighted by Gasteiger charge is -2.36. The molecule has 29 heavy (non-hydrogen) atoms. The van der Waals surface area contributed by atoms with E-state index in [1.54, 1.807) is 12.3 Å². The summed E-state index contributed by atoms with van der Waals surface area (Å²) in [4.78, 5) is 15.8. The molecule has 4 unspecified atom stereocenters. The SMILES string of the molecule is N#Cc1cc2c(Br)c(NC3CCC(C4CC5NC4CC5C(=O)O)CC3)ncc2o1. The molecule has 3 N–H and O–H groups in total. The molecule has 0 amide bonds. The lowest BCUT2D eigenvalue weighted by Crippen LogP contribution is -2.36. The van der Waals surface area contributed by atoms with E-state index in [9.17, 15) is 9.90 Å². The Kier molecular flexibility index (Phi) is 4.75. The second-order valence-electron chi connectivity index (χ2n) is 8.64. The number of aliphatic carboxylic acids is 1. The van der Waals surface area contributed by atoms with E-state index in [0.29, 0.717) is 29.5 Å². The molecule has 3 aliphatic rings. The van der Waals surface area contributed by atoms with E-state index in [1.165, 1.54) is 0 Å². The molecule has 2 aliphatic heterocycles. The molecule has 2 aromatic heterocycles. The zero-order valence-electron chi connectivity index (χ0n) is 15.9. The smallest absolute Gasteiger partial charge is 0.308 e. The fourth-order valence-corrected chi connectivity index (χ4v) is 6.23. The summed E-state index contributed by atoms with van der Waals surface area (Å²) in [6.45, 7) is 0. The molecule has 4 heterocycles. The number of pyridine rings is 1. The van der Waals surface area contributed by atoms with Crippen molar-refractivity contribution >= 4 is 38.7 Å². The third-order valence-corrected chi connectivity index (χ3v) is 7.93. The molecule has 2 aromatic rings. The van der Waals surface area contributed by atoms with Crippen molar-refractivity contribution in [2.45, 2.75) is 56.7 Å². The van der Waals surface area contributed by atoms with Crippen LogP contribution >= 0.6 is 15.9 Å². The highest BCUT2D eigenvalue weighted by Crippen LogP contribution is 2.45. The predicted molar refractivity (Wildman–Crippen MR) is 110 cm³/mol. The summed E-state index contributed by atoms with van der Waals surface area (Å²) in [6.07, 6.45) is 7.95. The summed E-state index contributed by atoms with van der Waals surface area (Å²) in [5, 5.41) is 26.3. The maximum Gasteiger partial charge on any atom is 0.308 e. The van der Waals surface area contributed by atoms with Crippen LogP contribution in [0.15, 0.2) is 21.2 Å². The lowest BCUT2D eigenvalue weighted by molar-refractivity contribution is -0.142. The Hall–Kier alpha value is -2.11. The Morgan fingerprint density at radius 3 is 2.76 bits per heavy atom. The van der Waals surface area contributed by atoms with Crippen LogP contribution in [0.5, 0.6) is 0 Å². The number of nitrogens with zero attached hydrogens (tertiary/aromatic N) is 2. The highest BCUT2D eigenvalue weighted by molar-refractivity contribution is 9.10. The molecule has 7 nitrogen and oxygen atoms in total. The van der Waals surface area contributed by atoms with E-state index in [2.05, 4.69) is 31.5 Å². The van der Waals surface area contributed by atoms with Crippen LogP contribution in [0, 0.1) is 29.1 Å². The Bertz CT molecular complexity index is 992. The van der Waals surface area contributed by atoms with Gasteiger partial charge in [-0.25, -0.2) is 4.98 Å². The minimum absolute atomic E-state index is 0.165. The van der Waals surface area contributed by atoms with Crippen LogP contribution in [0.3, 0.4) is 0 Å². The van der Waals surface area contributed by atoms with Crippen LogP contribution in [0.25, 0.3) is 11.0 Å². The Morgan fingerprint density at radius 2 is 2.10 bits per heavy atom.